The van der Waals surface area contributed by atoms with Crippen molar-refractivity contribution in [3.8, 4) is 0 Å². The van der Waals surface area contributed by atoms with Gasteiger partial charge in [0.2, 0.25) is 11.8 Å². The van der Waals surface area contributed by atoms with Crippen molar-refractivity contribution < 1.29 is 9.32 Å². The zero-order chi connectivity index (χ0) is 18.5. The summed E-state index contributed by atoms with van der Waals surface area (Å²) < 4.78 is 7.31. The van der Waals surface area contributed by atoms with E-state index in [-0.39, 0.29) is 5.91 Å². The van der Waals surface area contributed by atoms with E-state index in [0.29, 0.717) is 24.7 Å². The van der Waals surface area contributed by atoms with E-state index in [1.54, 1.807) is 17.1 Å². The summed E-state index contributed by atoms with van der Waals surface area (Å²) in [5.41, 5.74) is -0.504. The lowest BCUT2D eigenvalue weighted by Crippen LogP contribution is -2.46. The molecular weight excluding hydrogens is 344 g/mol. The topological polar surface area (TPSA) is 98.7 Å². The van der Waals surface area contributed by atoms with Crippen molar-refractivity contribution in [2.24, 2.45) is 0 Å². The second-order valence-corrected chi connectivity index (χ2v) is 7.90. The maximum absolute atomic E-state index is 12.7. The van der Waals surface area contributed by atoms with Crippen LogP contribution in [-0.2, 0) is 16.9 Å². The largest absolute Gasteiger partial charge is 0.343 e. The molecule has 2 aliphatic rings. The molecule has 0 bridgehead atoms. The minimum absolute atomic E-state index is 0.000355. The first-order valence-electron chi connectivity index (χ1n) is 10.2. The molecule has 2 aromatic rings. The summed E-state index contributed by atoms with van der Waals surface area (Å²) in [5, 5.41) is 15.3. The van der Waals surface area contributed by atoms with Crippen LogP contribution in [0, 0.1) is 0 Å². The summed E-state index contributed by atoms with van der Waals surface area (Å²) >= 11 is 0. The summed E-state index contributed by atoms with van der Waals surface area (Å²) in [4.78, 5) is 17.5. The van der Waals surface area contributed by atoms with Gasteiger partial charge in [-0.05, 0) is 25.7 Å². The molecule has 0 radical (unpaired) electrons. The highest BCUT2D eigenvalue weighted by molar-refractivity contribution is 5.76. The molecule has 4 rings (SSSR count). The maximum Gasteiger partial charge on any atom is 0.229 e. The molecule has 27 heavy (non-hydrogen) atoms. The lowest BCUT2D eigenvalue weighted by molar-refractivity contribution is -0.123. The molecular formula is C19H28N6O2. The Hall–Kier alpha value is -2.25. The number of carbonyl (C=O) groups is 1. The van der Waals surface area contributed by atoms with Crippen LogP contribution in [0.25, 0.3) is 0 Å². The highest BCUT2D eigenvalue weighted by Crippen LogP contribution is 2.37. The third kappa shape index (κ3) is 4.20. The number of aromatic nitrogens is 5. The molecule has 2 heterocycles. The van der Waals surface area contributed by atoms with Gasteiger partial charge in [-0.15, -0.1) is 5.10 Å². The van der Waals surface area contributed by atoms with Gasteiger partial charge in [0.05, 0.1) is 12.7 Å². The lowest BCUT2D eigenvalue weighted by Gasteiger charge is -2.30. The van der Waals surface area contributed by atoms with E-state index >= 15 is 0 Å². The Morgan fingerprint density at radius 2 is 1.96 bits per heavy atom. The van der Waals surface area contributed by atoms with E-state index < -0.39 is 5.54 Å². The van der Waals surface area contributed by atoms with Gasteiger partial charge < -0.3 is 9.84 Å². The average molecular weight is 372 g/mol. The van der Waals surface area contributed by atoms with Gasteiger partial charge in [-0.3, -0.25) is 9.48 Å². The number of carbonyl (C=O) groups excluding carboxylic acids is 1. The molecule has 1 N–H and O–H groups in total. The molecule has 2 aliphatic carbocycles. The van der Waals surface area contributed by atoms with E-state index in [9.17, 15) is 4.79 Å². The SMILES string of the molecule is O=C(CCn1ccnn1)NC1(c2noc(C3CCCC3)n2)CCCCCC1. The van der Waals surface area contributed by atoms with Crippen molar-refractivity contribution in [2.75, 3.05) is 0 Å². The number of amides is 1. The van der Waals surface area contributed by atoms with Crippen LogP contribution in [-0.4, -0.2) is 31.0 Å². The molecule has 146 valence electrons. The highest BCUT2D eigenvalue weighted by Gasteiger charge is 2.39. The summed E-state index contributed by atoms with van der Waals surface area (Å²) in [5.74, 6) is 1.81. The molecule has 0 saturated heterocycles. The van der Waals surface area contributed by atoms with E-state index in [4.69, 9.17) is 9.51 Å². The van der Waals surface area contributed by atoms with Gasteiger partial charge in [0.1, 0.15) is 5.54 Å². The smallest absolute Gasteiger partial charge is 0.229 e. The molecule has 0 atom stereocenters. The minimum Gasteiger partial charge on any atom is -0.343 e. The fourth-order valence-corrected chi connectivity index (χ4v) is 4.40. The van der Waals surface area contributed by atoms with Gasteiger partial charge in [0.15, 0.2) is 5.82 Å². The second kappa shape index (κ2) is 8.19. The molecule has 0 unspecified atom stereocenters. The van der Waals surface area contributed by atoms with Crippen LogP contribution in [0.2, 0.25) is 0 Å². The van der Waals surface area contributed by atoms with Crippen molar-refractivity contribution >= 4 is 5.91 Å². The lowest BCUT2D eigenvalue weighted by atomic mass is 9.89. The third-order valence-corrected chi connectivity index (χ3v) is 5.95. The quantitative estimate of drug-likeness (QED) is 0.783. The minimum atomic E-state index is -0.504. The van der Waals surface area contributed by atoms with Crippen molar-refractivity contribution in [1.29, 1.82) is 0 Å². The summed E-state index contributed by atoms with van der Waals surface area (Å²) in [7, 11) is 0. The fourth-order valence-electron chi connectivity index (χ4n) is 4.40. The number of hydrogen-bond acceptors (Lipinski definition) is 6. The molecule has 2 fully saturated rings. The first kappa shape index (κ1) is 18.1. The van der Waals surface area contributed by atoms with Crippen LogP contribution in [0.5, 0.6) is 0 Å². The molecule has 1 amide bonds. The zero-order valence-corrected chi connectivity index (χ0v) is 15.8. The average Bonchev–Trinajstić information content (AvgIpc) is 3.42. The van der Waals surface area contributed by atoms with Crippen LogP contribution < -0.4 is 5.32 Å². The van der Waals surface area contributed by atoms with Gasteiger partial charge in [-0.1, -0.05) is 48.9 Å². The van der Waals surface area contributed by atoms with Crippen LogP contribution in [0.4, 0.5) is 0 Å². The molecule has 2 aromatic heterocycles. The standard InChI is InChI=1S/C19H28N6O2/c26-16(9-13-25-14-12-20-24-25)22-19(10-5-1-2-6-11-19)18-21-17(27-23-18)15-7-3-4-8-15/h12,14-15H,1-11,13H2,(H,22,26). The van der Waals surface area contributed by atoms with E-state index in [0.717, 1.165) is 44.4 Å². The fraction of sp³-hybridized carbons (Fsp3) is 0.737. The molecule has 2 saturated carbocycles. The second-order valence-electron chi connectivity index (χ2n) is 7.90. The number of rotatable bonds is 6. The highest BCUT2D eigenvalue weighted by atomic mass is 16.5. The first-order valence-corrected chi connectivity index (χ1v) is 10.2. The summed E-state index contributed by atoms with van der Waals surface area (Å²) in [6, 6.07) is 0. The Labute approximate surface area is 159 Å². The predicted molar refractivity (Wildman–Crippen MR) is 97.7 cm³/mol. The molecule has 8 heteroatoms. The van der Waals surface area contributed by atoms with E-state index in [1.807, 2.05) is 0 Å². The summed E-state index contributed by atoms with van der Waals surface area (Å²) in [6.45, 7) is 0.515. The Morgan fingerprint density at radius 1 is 1.19 bits per heavy atom. The third-order valence-electron chi connectivity index (χ3n) is 5.95. The Kier molecular flexibility index (Phi) is 5.50. The van der Waals surface area contributed by atoms with Crippen molar-refractivity contribution in [3.05, 3.63) is 24.1 Å². The van der Waals surface area contributed by atoms with Crippen molar-refractivity contribution in [2.45, 2.75) is 88.6 Å². The van der Waals surface area contributed by atoms with Crippen LogP contribution in [0.15, 0.2) is 16.9 Å². The Bertz CT molecular complexity index is 727. The van der Waals surface area contributed by atoms with Gasteiger partial charge in [0.25, 0.3) is 0 Å². The monoisotopic (exact) mass is 372 g/mol. The number of aryl methyl sites for hydroxylation is 1. The van der Waals surface area contributed by atoms with Crippen molar-refractivity contribution in [1.82, 2.24) is 30.5 Å². The van der Waals surface area contributed by atoms with Crippen LogP contribution >= 0.6 is 0 Å². The Morgan fingerprint density at radius 3 is 2.67 bits per heavy atom. The zero-order valence-electron chi connectivity index (χ0n) is 15.8. The number of nitrogens with zero attached hydrogens (tertiary/aromatic N) is 5. The number of hydrogen-bond donors (Lipinski definition) is 1. The Balaban J connectivity index is 1.49. The van der Waals surface area contributed by atoms with Gasteiger partial charge in [0, 0.05) is 18.5 Å². The van der Waals surface area contributed by atoms with E-state index in [2.05, 4.69) is 20.8 Å². The molecule has 0 aliphatic heterocycles. The molecule has 0 spiro atoms. The predicted octanol–water partition coefficient (Wildman–Crippen LogP) is 3.07. The van der Waals surface area contributed by atoms with Crippen LogP contribution in [0.1, 0.15) is 88.3 Å². The van der Waals surface area contributed by atoms with Gasteiger partial charge in [-0.25, -0.2) is 0 Å². The van der Waals surface area contributed by atoms with E-state index in [1.165, 1.54) is 25.7 Å². The van der Waals surface area contributed by atoms with Gasteiger partial charge >= 0.3 is 0 Å². The molecule has 0 aromatic carbocycles. The maximum atomic E-state index is 12.7. The summed E-state index contributed by atoms with van der Waals surface area (Å²) in [6.07, 6.45) is 14.7. The van der Waals surface area contributed by atoms with Crippen LogP contribution in [0.3, 0.4) is 0 Å². The van der Waals surface area contributed by atoms with Crippen molar-refractivity contribution in [3.63, 3.8) is 0 Å². The molecule has 8 nitrogen and oxygen atoms in total. The first-order chi connectivity index (χ1) is 13.3. The number of nitrogens with one attached hydrogen (secondary N) is 1. The normalized spacial score (nSPS) is 20.4. The van der Waals surface area contributed by atoms with Gasteiger partial charge in [-0.2, -0.15) is 4.98 Å².